The number of fused-ring (bicyclic) bond motifs is 1. The van der Waals surface area contributed by atoms with Crippen molar-refractivity contribution in [1.29, 1.82) is 0 Å². The molecule has 192 valence electrons. The second kappa shape index (κ2) is 11.6. The highest BCUT2D eigenvalue weighted by molar-refractivity contribution is 14.1. The SMILES string of the molecule is CCOc1cc(/C=C2\SC(=O)N(Cc3cccc(C)c3)C2=O)cc(I)c1OCc1cccc2ccccc12. The molecule has 5 rings (SSSR count). The van der Waals surface area contributed by atoms with Gasteiger partial charge in [-0.25, -0.2) is 0 Å². The average molecular weight is 636 g/mol. The molecular weight excluding hydrogens is 609 g/mol. The van der Waals surface area contributed by atoms with Gasteiger partial charge in [0.15, 0.2) is 11.5 Å². The van der Waals surface area contributed by atoms with Crippen molar-refractivity contribution >= 4 is 62.3 Å². The lowest BCUT2D eigenvalue weighted by atomic mass is 10.1. The molecule has 0 N–H and O–H groups in total. The summed E-state index contributed by atoms with van der Waals surface area (Å²) in [5.74, 6) is 0.973. The van der Waals surface area contributed by atoms with Gasteiger partial charge in [0.05, 0.1) is 21.6 Å². The van der Waals surface area contributed by atoms with Crippen LogP contribution in [0, 0.1) is 10.5 Å². The number of carbonyl (C=O) groups excluding carboxylic acids is 2. The van der Waals surface area contributed by atoms with Crippen molar-refractivity contribution in [3.8, 4) is 11.5 Å². The maximum absolute atomic E-state index is 13.1. The fourth-order valence-corrected chi connectivity index (χ4v) is 6.04. The van der Waals surface area contributed by atoms with Crippen LogP contribution in [0.4, 0.5) is 4.79 Å². The number of benzene rings is 4. The van der Waals surface area contributed by atoms with Gasteiger partial charge in [-0.15, -0.1) is 0 Å². The van der Waals surface area contributed by atoms with Crippen LogP contribution >= 0.6 is 34.4 Å². The molecule has 0 atom stereocenters. The molecule has 1 fully saturated rings. The van der Waals surface area contributed by atoms with Crippen molar-refractivity contribution < 1.29 is 19.1 Å². The number of halogens is 1. The Morgan fingerprint density at radius 2 is 1.74 bits per heavy atom. The second-order valence-electron chi connectivity index (χ2n) is 8.95. The zero-order valence-electron chi connectivity index (χ0n) is 21.1. The molecule has 1 saturated heterocycles. The molecule has 0 saturated carbocycles. The maximum Gasteiger partial charge on any atom is 0.293 e. The quantitative estimate of drug-likeness (QED) is 0.145. The van der Waals surface area contributed by atoms with E-state index >= 15 is 0 Å². The summed E-state index contributed by atoms with van der Waals surface area (Å²) < 4.78 is 13.1. The van der Waals surface area contributed by atoms with Gasteiger partial charge in [-0.05, 0) is 93.9 Å². The van der Waals surface area contributed by atoms with Gasteiger partial charge < -0.3 is 9.47 Å². The summed E-state index contributed by atoms with van der Waals surface area (Å²) in [5, 5.41) is 2.05. The monoisotopic (exact) mass is 635 g/mol. The topological polar surface area (TPSA) is 55.8 Å². The molecule has 1 aliphatic rings. The van der Waals surface area contributed by atoms with Crippen molar-refractivity contribution in [3.63, 3.8) is 0 Å². The van der Waals surface area contributed by atoms with E-state index in [9.17, 15) is 9.59 Å². The Balaban J connectivity index is 1.38. The Morgan fingerprint density at radius 3 is 2.55 bits per heavy atom. The Bertz CT molecular complexity index is 1560. The average Bonchev–Trinajstić information content (AvgIpc) is 3.15. The zero-order chi connectivity index (χ0) is 26.6. The van der Waals surface area contributed by atoms with E-state index in [1.165, 1.54) is 10.3 Å². The highest BCUT2D eigenvalue weighted by atomic mass is 127. The normalized spacial score (nSPS) is 14.5. The number of thioether (sulfide) groups is 1. The fourth-order valence-electron chi connectivity index (χ4n) is 4.42. The summed E-state index contributed by atoms with van der Waals surface area (Å²) in [6.45, 7) is 5.03. The molecule has 0 radical (unpaired) electrons. The highest BCUT2D eigenvalue weighted by Crippen LogP contribution is 2.38. The molecule has 5 nitrogen and oxygen atoms in total. The lowest BCUT2D eigenvalue weighted by molar-refractivity contribution is -0.123. The second-order valence-corrected chi connectivity index (χ2v) is 11.1. The number of ether oxygens (including phenoxy) is 2. The van der Waals surface area contributed by atoms with Crippen LogP contribution < -0.4 is 9.47 Å². The van der Waals surface area contributed by atoms with Gasteiger partial charge >= 0.3 is 0 Å². The Morgan fingerprint density at radius 1 is 0.947 bits per heavy atom. The zero-order valence-corrected chi connectivity index (χ0v) is 24.0. The molecule has 7 heteroatoms. The molecule has 0 spiro atoms. The van der Waals surface area contributed by atoms with E-state index in [-0.39, 0.29) is 17.7 Å². The van der Waals surface area contributed by atoms with Crippen LogP contribution in [-0.4, -0.2) is 22.7 Å². The van der Waals surface area contributed by atoms with Crippen LogP contribution in [-0.2, 0) is 17.9 Å². The van der Waals surface area contributed by atoms with E-state index in [1.807, 2.05) is 68.4 Å². The largest absolute Gasteiger partial charge is 0.490 e. The Kier molecular flexibility index (Phi) is 8.04. The summed E-state index contributed by atoms with van der Waals surface area (Å²) in [7, 11) is 0. The number of carbonyl (C=O) groups is 2. The van der Waals surface area contributed by atoms with Gasteiger partial charge in [0.2, 0.25) is 0 Å². The molecule has 0 aromatic heterocycles. The first kappa shape index (κ1) is 26.3. The molecule has 1 aliphatic heterocycles. The molecule has 0 aliphatic carbocycles. The first-order valence-corrected chi connectivity index (χ1v) is 14.2. The number of hydrogen-bond donors (Lipinski definition) is 0. The van der Waals surface area contributed by atoms with Crippen molar-refractivity contribution in [2.75, 3.05) is 6.61 Å². The molecule has 0 bridgehead atoms. The predicted octanol–water partition coefficient (Wildman–Crippen LogP) is 7.97. The van der Waals surface area contributed by atoms with E-state index in [4.69, 9.17) is 9.47 Å². The van der Waals surface area contributed by atoms with Crippen molar-refractivity contribution in [3.05, 3.63) is 110 Å². The van der Waals surface area contributed by atoms with Gasteiger partial charge in [-0.2, -0.15) is 0 Å². The number of rotatable bonds is 8. The first-order valence-electron chi connectivity index (χ1n) is 12.3. The van der Waals surface area contributed by atoms with Gasteiger partial charge in [0.1, 0.15) is 6.61 Å². The van der Waals surface area contributed by atoms with E-state index in [1.54, 1.807) is 6.08 Å². The van der Waals surface area contributed by atoms with Crippen LogP contribution in [0.3, 0.4) is 0 Å². The minimum Gasteiger partial charge on any atom is -0.490 e. The standard InChI is InChI=1S/C31H26INO4S/c1-3-36-27-16-22(17-28-30(34)33(31(35)38-28)18-21-9-6-8-20(2)14-21)15-26(32)29(27)37-19-24-12-7-11-23-10-4-5-13-25(23)24/h4-17H,3,18-19H2,1-2H3/b28-17-. The predicted molar refractivity (Wildman–Crippen MR) is 161 cm³/mol. The van der Waals surface area contributed by atoms with Gasteiger partial charge in [-0.3, -0.25) is 14.5 Å². The highest BCUT2D eigenvalue weighted by Gasteiger charge is 2.35. The lowest BCUT2D eigenvalue weighted by Crippen LogP contribution is -2.27. The third-order valence-electron chi connectivity index (χ3n) is 6.18. The maximum atomic E-state index is 13.1. The number of aryl methyl sites for hydroxylation is 1. The molecular formula is C31H26INO4S. The van der Waals surface area contributed by atoms with Gasteiger partial charge in [-0.1, -0.05) is 72.3 Å². The molecule has 0 unspecified atom stereocenters. The molecule has 2 amide bonds. The van der Waals surface area contributed by atoms with E-state index in [0.717, 1.165) is 43.0 Å². The number of nitrogens with zero attached hydrogens (tertiary/aromatic N) is 1. The van der Waals surface area contributed by atoms with Crippen LogP contribution in [0.2, 0.25) is 0 Å². The van der Waals surface area contributed by atoms with Crippen LogP contribution in [0.15, 0.2) is 83.8 Å². The van der Waals surface area contributed by atoms with Gasteiger partial charge in [0, 0.05) is 0 Å². The minimum atomic E-state index is -0.286. The van der Waals surface area contributed by atoms with Crippen molar-refractivity contribution in [1.82, 2.24) is 4.90 Å². The molecule has 38 heavy (non-hydrogen) atoms. The molecule has 4 aromatic carbocycles. The minimum absolute atomic E-state index is 0.256. The lowest BCUT2D eigenvalue weighted by Gasteiger charge is -2.16. The van der Waals surface area contributed by atoms with E-state index in [0.29, 0.717) is 29.6 Å². The van der Waals surface area contributed by atoms with Crippen LogP contribution in [0.5, 0.6) is 11.5 Å². The van der Waals surface area contributed by atoms with Crippen molar-refractivity contribution in [2.45, 2.75) is 27.0 Å². The third kappa shape index (κ3) is 5.73. The third-order valence-corrected chi connectivity index (χ3v) is 7.89. The summed E-state index contributed by atoms with van der Waals surface area (Å²) >= 11 is 3.19. The van der Waals surface area contributed by atoms with E-state index in [2.05, 4.69) is 46.9 Å². The first-order chi connectivity index (χ1) is 18.4. The number of imide groups is 1. The summed E-state index contributed by atoms with van der Waals surface area (Å²) in [4.78, 5) is 27.4. The van der Waals surface area contributed by atoms with E-state index < -0.39 is 0 Å². The fraction of sp³-hybridized carbons (Fsp3) is 0.161. The van der Waals surface area contributed by atoms with Crippen LogP contribution in [0.1, 0.15) is 29.2 Å². The molecule has 4 aromatic rings. The summed E-state index contributed by atoms with van der Waals surface area (Å²) in [6.07, 6.45) is 1.75. The van der Waals surface area contributed by atoms with Crippen LogP contribution in [0.25, 0.3) is 16.8 Å². The molecule has 1 heterocycles. The summed E-state index contributed by atoms with van der Waals surface area (Å²) in [5.41, 5.74) is 3.88. The Labute approximate surface area is 240 Å². The number of hydrogen-bond acceptors (Lipinski definition) is 5. The van der Waals surface area contributed by atoms with Crippen molar-refractivity contribution in [2.24, 2.45) is 0 Å². The number of amides is 2. The van der Waals surface area contributed by atoms with Gasteiger partial charge in [0.25, 0.3) is 11.1 Å². The summed E-state index contributed by atoms with van der Waals surface area (Å²) in [6, 6.07) is 26.1. The smallest absolute Gasteiger partial charge is 0.293 e. The Hall–Kier alpha value is -3.30.